The van der Waals surface area contributed by atoms with E-state index in [0.29, 0.717) is 0 Å². The molecule has 0 radical (unpaired) electrons. The summed E-state index contributed by atoms with van der Waals surface area (Å²) in [5.41, 5.74) is 1.00. The Labute approximate surface area is 124 Å². The second-order valence-corrected chi connectivity index (χ2v) is 5.08. The summed E-state index contributed by atoms with van der Waals surface area (Å²) in [7, 11) is 0. The Bertz CT molecular complexity index is 390. The van der Waals surface area contributed by atoms with E-state index in [9.17, 15) is 13.2 Å². The van der Waals surface area contributed by atoms with Crippen molar-refractivity contribution in [3.05, 3.63) is 29.8 Å². The van der Waals surface area contributed by atoms with Crippen LogP contribution in [0.25, 0.3) is 0 Å². The van der Waals surface area contributed by atoms with E-state index in [1.807, 2.05) is 6.92 Å². The van der Waals surface area contributed by atoms with Crippen molar-refractivity contribution in [2.24, 2.45) is 0 Å². The molecule has 0 fully saturated rings. The van der Waals surface area contributed by atoms with Crippen LogP contribution in [-0.2, 0) is 0 Å². The molecule has 1 atom stereocenters. The van der Waals surface area contributed by atoms with Gasteiger partial charge in [-0.15, -0.1) is 13.2 Å². The predicted molar refractivity (Wildman–Crippen MR) is 78.3 cm³/mol. The second-order valence-electron chi connectivity index (χ2n) is 5.08. The molecule has 0 saturated carbocycles. The van der Waals surface area contributed by atoms with Gasteiger partial charge in [-0.2, -0.15) is 0 Å². The highest BCUT2D eigenvalue weighted by atomic mass is 19.4. The number of rotatable bonds is 9. The SMILES string of the molecule is CCCCCCC(NCC)c1ccc(OC(F)(F)F)cc1. The van der Waals surface area contributed by atoms with Crippen LogP contribution >= 0.6 is 0 Å². The molecule has 0 aromatic heterocycles. The van der Waals surface area contributed by atoms with Gasteiger partial charge in [0.15, 0.2) is 0 Å². The van der Waals surface area contributed by atoms with Gasteiger partial charge in [0.1, 0.15) is 5.75 Å². The van der Waals surface area contributed by atoms with Gasteiger partial charge in [0.25, 0.3) is 0 Å². The van der Waals surface area contributed by atoms with E-state index in [-0.39, 0.29) is 11.8 Å². The molecule has 0 saturated heterocycles. The lowest BCUT2D eigenvalue weighted by atomic mass is 10.00. The number of nitrogens with one attached hydrogen (secondary N) is 1. The highest BCUT2D eigenvalue weighted by molar-refractivity contribution is 5.29. The first-order chi connectivity index (χ1) is 9.96. The number of ether oxygens (including phenoxy) is 1. The molecular formula is C16H24F3NO. The average molecular weight is 303 g/mol. The average Bonchev–Trinajstić information content (AvgIpc) is 2.41. The second kappa shape index (κ2) is 8.93. The van der Waals surface area contributed by atoms with Gasteiger partial charge in [0.05, 0.1) is 0 Å². The minimum Gasteiger partial charge on any atom is -0.406 e. The first kappa shape index (κ1) is 17.8. The van der Waals surface area contributed by atoms with Crippen LogP contribution in [0.15, 0.2) is 24.3 Å². The summed E-state index contributed by atoms with van der Waals surface area (Å²) in [5, 5.41) is 3.38. The van der Waals surface area contributed by atoms with Gasteiger partial charge in [-0.3, -0.25) is 0 Å². The van der Waals surface area contributed by atoms with E-state index >= 15 is 0 Å². The Morgan fingerprint density at radius 3 is 2.24 bits per heavy atom. The molecule has 2 nitrogen and oxygen atoms in total. The summed E-state index contributed by atoms with van der Waals surface area (Å²) < 4.78 is 40.3. The molecule has 5 heteroatoms. The molecule has 0 bridgehead atoms. The summed E-state index contributed by atoms with van der Waals surface area (Å²) in [6.45, 7) is 5.03. The minimum atomic E-state index is -4.64. The maximum atomic E-state index is 12.1. The Morgan fingerprint density at radius 2 is 1.71 bits per heavy atom. The van der Waals surface area contributed by atoms with Crippen molar-refractivity contribution < 1.29 is 17.9 Å². The van der Waals surface area contributed by atoms with Crippen LogP contribution in [0.3, 0.4) is 0 Å². The number of benzene rings is 1. The van der Waals surface area contributed by atoms with Gasteiger partial charge in [-0.05, 0) is 30.7 Å². The summed E-state index contributed by atoms with van der Waals surface area (Å²) in [6.07, 6.45) is 1.07. The van der Waals surface area contributed by atoms with Crippen LogP contribution in [0, 0.1) is 0 Å². The first-order valence-electron chi connectivity index (χ1n) is 7.55. The maximum absolute atomic E-state index is 12.1. The molecule has 1 aromatic carbocycles. The third-order valence-corrected chi connectivity index (χ3v) is 3.31. The molecule has 21 heavy (non-hydrogen) atoms. The topological polar surface area (TPSA) is 21.3 Å². The van der Waals surface area contributed by atoms with Gasteiger partial charge in [-0.25, -0.2) is 0 Å². The van der Waals surface area contributed by atoms with Crippen LogP contribution in [0.2, 0.25) is 0 Å². The quantitative estimate of drug-likeness (QED) is 0.633. The van der Waals surface area contributed by atoms with Crippen molar-refractivity contribution in [1.82, 2.24) is 5.32 Å². The van der Waals surface area contributed by atoms with Gasteiger partial charge in [-0.1, -0.05) is 51.7 Å². The van der Waals surface area contributed by atoms with Crippen molar-refractivity contribution in [1.29, 1.82) is 0 Å². The number of hydrogen-bond donors (Lipinski definition) is 1. The Hall–Kier alpha value is -1.23. The Balaban J connectivity index is 2.61. The lowest BCUT2D eigenvalue weighted by Crippen LogP contribution is -2.21. The zero-order chi connectivity index (χ0) is 15.7. The Kier molecular flexibility index (Phi) is 7.57. The molecule has 1 unspecified atom stereocenters. The largest absolute Gasteiger partial charge is 0.573 e. The van der Waals surface area contributed by atoms with Crippen LogP contribution in [0.5, 0.6) is 5.75 Å². The highest BCUT2D eigenvalue weighted by Crippen LogP contribution is 2.26. The summed E-state index contributed by atoms with van der Waals surface area (Å²) in [6, 6.07) is 6.34. The maximum Gasteiger partial charge on any atom is 0.573 e. The van der Waals surface area contributed by atoms with Gasteiger partial charge < -0.3 is 10.1 Å². The predicted octanol–water partition coefficient (Wildman–Crippen LogP) is 5.21. The van der Waals surface area contributed by atoms with E-state index in [1.165, 1.54) is 31.4 Å². The fourth-order valence-electron chi connectivity index (χ4n) is 2.31. The number of hydrogen-bond acceptors (Lipinski definition) is 2. The molecule has 0 amide bonds. The molecule has 1 aromatic rings. The lowest BCUT2D eigenvalue weighted by molar-refractivity contribution is -0.274. The lowest BCUT2D eigenvalue weighted by Gasteiger charge is -2.19. The highest BCUT2D eigenvalue weighted by Gasteiger charge is 2.31. The van der Waals surface area contributed by atoms with Crippen LogP contribution in [0.1, 0.15) is 57.6 Å². The van der Waals surface area contributed by atoms with E-state index < -0.39 is 6.36 Å². The third kappa shape index (κ3) is 7.37. The zero-order valence-electron chi connectivity index (χ0n) is 12.7. The van der Waals surface area contributed by atoms with E-state index in [2.05, 4.69) is 17.0 Å². The summed E-state index contributed by atoms with van der Waals surface area (Å²) >= 11 is 0. The molecule has 0 aliphatic carbocycles. The molecule has 0 heterocycles. The van der Waals surface area contributed by atoms with E-state index in [0.717, 1.165) is 24.9 Å². The van der Waals surface area contributed by atoms with Crippen LogP contribution in [0.4, 0.5) is 13.2 Å². The zero-order valence-corrected chi connectivity index (χ0v) is 12.7. The number of halogens is 3. The van der Waals surface area contributed by atoms with E-state index in [1.54, 1.807) is 12.1 Å². The minimum absolute atomic E-state index is 0.174. The van der Waals surface area contributed by atoms with Crippen molar-refractivity contribution in [3.8, 4) is 5.75 Å². The monoisotopic (exact) mass is 303 g/mol. The third-order valence-electron chi connectivity index (χ3n) is 3.31. The standard InChI is InChI=1S/C16H24F3NO/c1-3-5-6-7-8-15(20-4-2)13-9-11-14(12-10-13)21-16(17,18)19/h9-12,15,20H,3-8H2,1-2H3. The molecule has 120 valence electrons. The normalized spacial score (nSPS) is 13.2. The summed E-state index contributed by atoms with van der Waals surface area (Å²) in [5.74, 6) is -0.174. The molecule has 0 aliphatic heterocycles. The van der Waals surface area contributed by atoms with Crippen LogP contribution < -0.4 is 10.1 Å². The van der Waals surface area contributed by atoms with Gasteiger partial charge in [0, 0.05) is 6.04 Å². The first-order valence-corrected chi connectivity index (χ1v) is 7.55. The van der Waals surface area contributed by atoms with Crippen molar-refractivity contribution in [3.63, 3.8) is 0 Å². The summed E-state index contributed by atoms with van der Waals surface area (Å²) in [4.78, 5) is 0. The van der Waals surface area contributed by atoms with Crippen molar-refractivity contribution >= 4 is 0 Å². The van der Waals surface area contributed by atoms with Gasteiger partial charge >= 0.3 is 6.36 Å². The van der Waals surface area contributed by atoms with Crippen molar-refractivity contribution in [2.75, 3.05) is 6.54 Å². The molecule has 1 rings (SSSR count). The smallest absolute Gasteiger partial charge is 0.406 e. The van der Waals surface area contributed by atoms with Crippen molar-refractivity contribution in [2.45, 2.75) is 58.4 Å². The van der Waals surface area contributed by atoms with Gasteiger partial charge in [0.2, 0.25) is 0 Å². The molecule has 0 spiro atoms. The number of alkyl halides is 3. The van der Waals surface area contributed by atoms with Crippen LogP contribution in [-0.4, -0.2) is 12.9 Å². The van der Waals surface area contributed by atoms with E-state index in [4.69, 9.17) is 0 Å². The number of unbranched alkanes of at least 4 members (excludes halogenated alkanes) is 3. The fourth-order valence-corrected chi connectivity index (χ4v) is 2.31. The molecule has 1 N–H and O–H groups in total. The fraction of sp³-hybridized carbons (Fsp3) is 0.625. The molecular weight excluding hydrogens is 279 g/mol. The Morgan fingerprint density at radius 1 is 1.05 bits per heavy atom. The molecule has 0 aliphatic rings.